The maximum Gasteiger partial charge on any atom is 0.274 e. The summed E-state index contributed by atoms with van der Waals surface area (Å²) >= 11 is 0. The molecule has 140 valence electrons. The van der Waals surface area contributed by atoms with Gasteiger partial charge in [-0.3, -0.25) is 4.79 Å². The summed E-state index contributed by atoms with van der Waals surface area (Å²) in [6.45, 7) is 3.52. The van der Waals surface area contributed by atoms with E-state index in [1.54, 1.807) is 38.1 Å². The van der Waals surface area contributed by atoms with Gasteiger partial charge in [0, 0.05) is 0 Å². The van der Waals surface area contributed by atoms with Crippen LogP contribution < -0.4 is 10.1 Å². The van der Waals surface area contributed by atoms with Crippen LogP contribution in [0.25, 0.3) is 5.69 Å². The largest absolute Gasteiger partial charge is 0.488 e. The number of ether oxygens (including phenoxy) is 1. The highest BCUT2D eigenvalue weighted by atomic mass is 19.1. The van der Waals surface area contributed by atoms with Crippen LogP contribution in [0.15, 0.2) is 48.5 Å². The van der Waals surface area contributed by atoms with E-state index in [1.165, 1.54) is 28.9 Å². The summed E-state index contributed by atoms with van der Waals surface area (Å²) < 4.78 is 33.4. The van der Waals surface area contributed by atoms with Gasteiger partial charge in [-0.1, -0.05) is 17.3 Å². The Morgan fingerprint density at radius 3 is 2.59 bits per heavy atom. The number of benzene rings is 2. The third kappa shape index (κ3) is 4.28. The summed E-state index contributed by atoms with van der Waals surface area (Å²) in [5.41, 5.74) is 1.26. The van der Waals surface area contributed by atoms with Crippen molar-refractivity contribution in [3.05, 3.63) is 71.6 Å². The molecule has 1 amide bonds. The molecule has 6 nitrogen and oxygen atoms in total. The van der Waals surface area contributed by atoms with Crippen LogP contribution in [0, 0.1) is 18.6 Å². The molecule has 1 unspecified atom stereocenters. The van der Waals surface area contributed by atoms with Crippen LogP contribution in [0.2, 0.25) is 0 Å². The summed E-state index contributed by atoms with van der Waals surface area (Å²) in [4.78, 5) is 12.4. The zero-order chi connectivity index (χ0) is 19.4. The highest BCUT2D eigenvalue weighted by Crippen LogP contribution is 2.16. The molecule has 0 radical (unpaired) electrons. The van der Waals surface area contributed by atoms with Gasteiger partial charge in [-0.15, -0.1) is 5.10 Å². The first kappa shape index (κ1) is 18.5. The number of hydrogen-bond donors (Lipinski definition) is 1. The lowest BCUT2D eigenvalue weighted by Gasteiger charge is -2.14. The van der Waals surface area contributed by atoms with Crippen molar-refractivity contribution in [3.8, 4) is 11.4 Å². The van der Waals surface area contributed by atoms with Crippen molar-refractivity contribution in [2.24, 2.45) is 0 Å². The summed E-state index contributed by atoms with van der Waals surface area (Å²) in [7, 11) is 0. The predicted octanol–water partition coefficient (Wildman–Crippen LogP) is 3.05. The van der Waals surface area contributed by atoms with Crippen LogP contribution in [-0.4, -0.2) is 33.5 Å². The minimum atomic E-state index is -0.464. The Balaban J connectivity index is 1.64. The molecular weight excluding hydrogens is 354 g/mol. The fourth-order valence-corrected chi connectivity index (χ4v) is 2.48. The van der Waals surface area contributed by atoms with E-state index in [1.807, 2.05) is 0 Å². The number of para-hydroxylation sites is 1. The van der Waals surface area contributed by atoms with Crippen molar-refractivity contribution >= 4 is 5.91 Å². The number of nitrogens with one attached hydrogen (secondary N) is 1. The number of carbonyl (C=O) groups is 1. The molecule has 0 fully saturated rings. The molecule has 1 heterocycles. The Bertz CT molecular complexity index is 941. The highest BCUT2D eigenvalue weighted by molar-refractivity contribution is 5.93. The van der Waals surface area contributed by atoms with Gasteiger partial charge in [-0.2, -0.15) is 0 Å². The van der Waals surface area contributed by atoms with Crippen molar-refractivity contribution in [3.63, 3.8) is 0 Å². The van der Waals surface area contributed by atoms with E-state index in [0.717, 1.165) is 0 Å². The van der Waals surface area contributed by atoms with Gasteiger partial charge in [0.25, 0.3) is 5.91 Å². The number of hydrogen-bond acceptors (Lipinski definition) is 4. The second-order valence-corrected chi connectivity index (χ2v) is 6.03. The Labute approximate surface area is 154 Å². The van der Waals surface area contributed by atoms with Gasteiger partial charge in [0.2, 0.25) is 0 Å². The average molecular weight is 372 g/mol. The second kappa shape index (κ2) is 7.94. The smallest absolute Gasteiger partial charge is 0.274 e. The monoisotopic (exact) mass is 372 g/mol. The first-order valence-corrected chi connectivity index (χ1v) is 8.32. The molecular formula is C19H18F2N4O2. The number of amides is 1. The van der Waals surface area contributed by atoms with Crippen LogP contribution in [0.1, 0.15) is 23.1 Å². The van der Waals surface area contributed by atoms with Crippen molar-refractivity contribution in [1.29, 1.82) is 0 Å². The molecule has 0 aliphatic rings. The van der Waals surface area contributed by atoms with E-state index in [0.29, 0.717) is 11.4 Å². The summed E-state index contributed by atoms with van der Waals surface area (Å²) in [5.74, 6) is -1.13. The first-order valence-electron chi connectivity index (χ1n) is 8.32. The lowest BCUT2D eigenvalue weighted by molar-refractivity contribution is 0.0920. The normalized spacial score (nSPS) is 11.9. The minimum absolute atomic E-state index is 0.0951. The molecule has 0 spiro atoms. The van der Waals surface area contributed by atoms with E-state index in [2.05, 4.69) is 15.6 Å². The van der Waals surface area contributed by atoms with Gasteiger partial charge >= 0.3 is 0 Å². The van der Waals surface area contributed by atoms with Gasteiger partial charge in [0.15, 0.2) is 17.3 Å². The third-order valence-electron chi connectivity index (χ3n) is 3.88. The standard InChI is InChI=1S/C19H18F2N4O2/c1-12(11-27-17-6-4-3-5-16(17)21)22-19(26)18-13(2)25(24-23-18)15-9-7-14(20)8-10-15/h3-10,12H,11H2,1-2H3,(H,22,26). The summed E-state index contributed by atoms with van der Waals surface area (Å²) in [6, 6.07) is 11.4. The number of carbonyl (C=O) groups excluding carboxylic acids is 1. The van der Waals surface area contributed by atoms with Crippen molar-refractivity contribution < 1.29 is 18.3 Å². The van der Waals surface area contributed by atoms with E-state index in [4.69, 9.17) is 4.74 Å². The molecule has 0 saturated heterocycles. The number of aromatic nitrogens is 3. The van der Waals surface area contributed by atoms with Gasteiger partial charge in [0.1, 0.15) is 12.4 Å². The van der Waals surface area contributed by atoms with Gasteiger partial charge in [0.05, 0.1) is 17.4 Å². The maximum atomic E-state index is 13.6. The fourth-order valence-electron chi connectivity index (χ4n) is 2.48. The molecule has 0 aliphatic carbocycles. The summed E-state index contributed by atoms with van der Waals surface area (Å²) in [5, 5.41) is 10.6. The SMILES string of the molecule is Cc1c(C(=O)NC(C)COc2ccccc2F)nnn1-c1ccc(F)cc1. The zero-order valence-electron chi connectivity index (χ0n) is 14.8. The van der Waals surface area contributed by atoms with E-state index in [-0.39, 0.29) is 29.9 Å². The van der Waals surface area contributed by atoms with Crippen LogP contribution in [0.3, 0.4) is 0 Å². The molecule has 3 rings (SSSR count). The fraction of sp³-hybridized carbons (Fsp3) is 0.211. The molecule has 0 aliphatic heterocycles. The predicted molar refractivity (Wildman–Crippen MR) is 94.9 cm³/mol. The zero-order valence-corrected chi connectivity index (χ0v) is 14.8. The maximum absolute atomic E-state index is 13.6. The molecule has 1 N–H and O–H groups in total. The van der Waals surface area contributed by atoms with E-state index < -0.39 is 11.7 Å². The molecule has 8 heteroatoms. The number of halogens is 2. The Kier molecular flexibility index (Phi) is 5.44. The molecule has 3 aromatic rings. The quantitative estimate of drug-likeness (QED) is 0.722. The topological polar surface area (TPSA) is 69.0 Å². The number of rotatable bonds is 6. The molecule has 0 saturated carbocycles. The number of nitrogens with zero attached hydrogens (tertiary/aromatic N) is 3. The van der Waals surface area contributed by atoms with E-state index in [9.17, 15) is 13.6 Å². The van der Waals surface area contributed by atoms with Gasteiger partial charge < -0.3 is 10.1 Å². The molecule has 1 atom stereocenters. The van der Waals surface area contributed by atoms with Crippen molar-refractivity contribution in [1.82, 2.24) is 20.3 Å². The van der Waals surface area contributed by atoms with Gasteiger partial charge in [-0.25, -0.2) is 13.5 Å². The van der Waals surface area contributed by atoms with Crippen LogP contribution in [-0.2, 0) is 0 Å². The molecule has 1 aromatic heterocycles. The lowest BCUT2D eigenvalue weighted by atomic mass is 10.2. The lowest BCUT2D eigenvalue weighted by Crippen LogP contribution is -2.37. The van der Waals surface area contributed by atoms with Crippen LogP contribution in [0.5, 0.6) is 5.75 Å². The minimum Gasteiger partial charge on any atom is -0.488 e. The highest BCUT2D eigenvalue weighted by Gasteiger charge is 2.19. The molecule has 27 heavy (non-hydrogen) atoms. The summed E-state index contributed by atoms with van der Waals surface area (Å²) in [6.07, 6.45) is 0. The third-order valence-corrected chi connectivity index (χ3v) is 3.88. The average Bonchev–Trinajstić information content (AvgIpc) is 3.03. The Morgan fingerprint density at radius 1 is 1.19 bits per heavy atom. The van der Waals surface area contributed by atoms with Gasteiger partial charge in [-0.05, 0) is 50.2 Å². The van der Waals surface area contributed by atoms with Crippen LogP contribution >= 0.6 is 0 Å². The van der Waals surface area contributed by atoms with Crippen molar-refractivity contribution in [2.75, 3.05) is 6.61 Å². The van der Waals surface area contributed by atoms with E-state index >= 15 is 0 Å². The Morgan fingerprint density at radius 2 is 1.89 bits per heavy atom. The Hall–Kier alpha value is -3.29. The molecule has 0 bridgehead atoms. The molecule has 2 aromatic carbocycles. The van der Waals surface area contributed by atoms with Crippen molar-refractivity contribution in [2.45, 2.75) is 19.9 Å². The first-order chi connectivity index (χ1) is 13.0. The van der Waals surface area contributed by atoms with Crippen LogP contribution in [0.4, 0.5) is 8.78 Å². The second-order valence-electron chi connectivity index (χ2n) is 6.03.